The molecule has 3 aliphatic rings. The molecule has 5 aromatic rings. The highest BCUT2D eigenvalue weighted by Crippen LogP contribution is 2.49. The number of likely N-dealkylation sites (tertiary alicyclic amines) is 1. The topological polar surface area (TPSA) is 118 Å². The van der Waals surface area contributed by atoms with Gasteiger partial charge in [0.15, 0.2) is 17.3 Å². The summed E-state index contributed by atoms with van der Waals surface area (Å²) in [5.41, 5.74) is 1.06. The van der Waals surface area contributed by atoms with Crippen molar-refractivity contribution in [2.24, 2.45) is 0 Å². The Kier molecular flexibility index (Phi) is 7.74. The summed E-state index contributed by atoms with van der Waals surface area (Å²) in [6, 6.07) is 12.6. The number of nitrogens with zero attached hydrogens (tertiary/aromatic N) is 3. The lowest BCUT2D eigenvalue weighted by atomic mass is 10.0. The van der Waals surface area contributed by atoms with Gasteiger partial charge in [-0.1, -0.05) is 18.2 Å². The van der Waals surface area contributed by atoms with E-state index in [1.165, 1.54) is 12.3 Å². The van der Waals surface area contributed by atoms with Crippen LogP contribution >= 0.6 is 0 Å². The van der Waals surface area contributed by atoms with Crippen molar-refractivity contribution in [1.82, 2.24) is 20.1 Å². The summed E-state index contributed by atoms with van der Waals surface area (Å²) >= 11 is 0. The molecule has 260 valence electrons. The Morgan fingerprint density at radius 1 is 1.04 bits per heavy atom. The van der Waals surface area contributed by atoms with E-state index in [0.717, 1.165) is 36.6 Å². The summed E-state index contributed by atoms with van der Waals surface area (Å²) in [5.74, 6) is -0.576. The number of halogens is 1. The average molecular weight is 682 g/mol. The summed E-state index contributed by atoms with van der Waals surface area (Å²) in [6.45, 7) is 7.56. The third kappa shape index (κ3) is 5.61. The molecule has 2 saturated heterocycles. The number of rotatable bonds is 6. The quantitative estimate of drug-likeness (QED) is 0.206. The third-order valence-electron chi connectivity index (χ3n) is 10.0. The summed E-state index contributed by atoms with van der Waals surface area (Å²) in [4.78, 5) is 44.3. The second-order valence-corrected chi connectivity index (χ2v) is 14.6. The second kappa shape index (κ2) is 12.0. The zero-order chi connectivity index (χ0) is 34.9. The van der Waals surface area contributed by atoms with Crippen LogP contribution < -0.4 is 25.7 Å². The zero-order valence-electron chi connectivity index (χ0n) is 28.6. The lowest BCUT2D eigenvalue weighted by molar-refractivity contribution is 0.0508. The van der Waals surface area contributed by atoms with Gasteiger partial charge in [-0.05, 0) is 78.2 Å². The first-order valence-electron chi connectivity index (χ1n) is 17.2. The number of hydrogen-bond donors (Lipinski definition) is 2. The number of furan rings is 1. The van der Waals surface area contributed by atoms with Crippen molar-refractivity contribution < 1.29 is 27.9 Å². The molecule has 12 heteroatoms. The molecule has 3 aromatic carbocycles. The molecule has 3 aliphatic heterocycles. The van der Waals surface area contributed by atoms with E-state index in [1.807, 2.05) is 41.3 Å². The Labute approximate surface area is 287 Å². The van der Waals surface area contributed by atoms with Gasteiger partial charge >= 0.3 is 6.09 Å². The number of carbonyl (C=O) groups is 2. The fraction of sp³-hybridized carbons (Fsp3) is 0.395. The fourth-order valence-corrected chi connectivity index (χ4v) is 7.63. The normalized spacial score (nSPS) is 18.9. The Hall–Kier alpha value is -5.10. The number of alkyl carbamates (subject to hydrolysis) is 1. The fourth-order valence-electron chi connectivity index (χ4n) is 7.63. The number of para-hydroxylation sites is 1. The van der Waals surface area contributed by atoms with Gasteiger partial charge < -0.3 is 38.9 Å². The van der Waals surface area contributed by atoms with E-state index >= 15 is 4.39 Å². The molecule has 50 heavy (non-hydrogen) atoms. The number of carbonyl (C=O) groups excluding carboxylic acids is 2. The van der Waals surface area contributed by atoms with E-state index in [0.29, 0.717) is 60.2 Å². The molecule has 2 fully saturated rings. The van der Waals surface area contributed by atoms with Crippen LogP contribution in [0.5, 0.6) is 11.5 Å². The number of anilines is 1. The molecule has 8 rings (SSSR count). The monoisotopic (exact) mass is 681 g/mol. The Morgan fingerprint density at radius 2 is 1.86 bits per heavy atom. The number of fused-ring (bicyclic) bond motifs is 5. The van der Waals surface area contributed by atoms with Crippen LogP contribution in [-0.4, -0.2) is 72.4 Å². The largest absolute Gasteiger partial charge is 0.456 e. The number of aromatic nitrogens is 1. The summed E-state index contributed by atoms with van der Waals surface area (Å²) < 4.78 is 36.3. The van der Waals surface area contributed by atoms with Crippen LogP contribution in [0.25, 0.3) is 38.5 Å². The van der Waals surface area contributed by atoms with Crippen molar-refractivity contribution in [1.29, 1.82) is 0 Å². The minimum Gasteiger partial charge on any atom is -0.456 e. The van der Waals surface area contributed by atoms with Crippen molar-refractivity contribution >= 4 is 50.5 Å². The Balaban J connectivity index is 1.22. The molecular formula is C38H40FN5O6. The van der Waals surface area contributed by atoms with E-state index in [2.05, 4.69) is 22.6 Å². The number of ether oxygens (including phenoxy) is 2. The number of benzene rings is 3. The lowest BCUT2D eigenvalue weighted by Crippen LogP contribution is -2.40. The molecule has 2 N–H and O–H groups in total. The maximum absolute atomic E-state index is 16.4. The van der Waals surface area contributed by atoms with Crippen LogP contribution in [0.1, 0.15) is 56.8 Å². The number of pyridine rings is 1. The van der Waals surface area contributed by atoms with E-state index in [1.54, 1.807) is 25.3 Å². The van der Waals surface area contributed by atoms with Crippen LogP contribution in [0.4, 0.5) is 14.9 Å². The van der Waals surface area contributed by atoms with E-state index in [4.69, 9.17) is 13.9 Å². The maximum Gasteiger partial charge on any atom is 0.407 e. The van der Waals surface area contributed by atoms with Gasteiger partial charge in [-0.15, -0.1) is 0 Å². The number of nitrogens with one attached hydrogen (secondary N) is 2. The van der Waals surface area contributed by atoms with E-state index < -0.39 is 28.8 Å². The molecule has 0 bridgehead atoms. The third-order valence-corrected chi connectivity index (χ3v) is 10.0. The van der Waals surface area contributed by atoms with Crippen molar-refractivity contribution in [2.75, 3.05) is 38.1 Å². The standard InChI is InChI=1S/C38H40FN5O6/c1-38(2,3)50-37(47)41-21-12-15-43(19-21)33-27(39)16-25-32-35(33)49-31-17-24-23-9-5-6-10-29(23)48-30(24)18-28(31)44(32)20-26(34(25)45)36(46)40-13-11-22-8-7-14-42(22)4/h5-6,9-10,16-18,20-22H,7-8,11-15,19H2,1-4H3,(H,40,46)(H,41,47). The average Bonchev–Trinajstić information content (AvgIpc) is 3.78. The van der Waals surface area contributed by atoms with Gasteiger partial charge in [0, 0.05) is 48.7 Å². The molecule has 2 unspecified atom stereocenters. The highest BCUT2D eigenvalue weighted by Gasteiger charge is 2.35. The van der Waals surface area contributed by atoms with E-state index in [-0.39, 0.29) is 28.4 Å². The van der Waals surface area contributed by atoms with Gasteiger partial charge in [0.05, 0.1) is 17.1 Å². The predicted molar refractivity (Wildman–Crippen MR) is 189 cm³/mol. The predicted octanol–water partition coefficient (Wildman–Crippen LogP) is 6.45. The molecule has 0 spiro atoms. The van der Waals surface area contributed by atoms with Gasteiger partial charge in [-0.3, -0.25) is 9.59 Å². The van der Waals surface area contributed by atoms with Gasteiger partial charge in [0.25, 0.3) is 5.91 Å². The molecule has 0 radical (unpaired) electrons. The van der Waals surface area contributed by atoms with Crippen molar-refractivity contribution in [2.45, 2.75) is 64.1 Å². The molecule has 11 nitrogen and oxygen atoms in total. The molecule has 2 amide bonds. The summed E-state index contributed by atoms with van der Waals surface area (Å²) in [7, 11) is 2.08. The van der Waals surface area contributed by atoms with Crippen LogP contribution in [0.15, 0.2) is 57.9 Å². The Morgan fingerprint density at radius 3 is 2.64 bits per heavy atom. The highest BCUT2D eigenvalue weighted by atomic mass is 19.1. The van der Waals surface area contributed by atoms with E-state index in [9.17, 15) is 14.4 Å². The van der Waals surface area contributed by atoms with Crippen LogP contribution in [0.3, 0.4) is 0 Å². The SMILES string of the molecule is CN1CCCC1CCNC(=O)c1cn2c3c(c(N4CCC(NC(=O)OC(C)(C)C)C4)c(F)cc3c1=O)Oc1cc3c(cc1-2)oc1ccccc13. The van der Waals surface area contributed by atoms with Crippen molar-refractivity contribution in [3.8, 4) is 17.2 Å². The second-order valence-electron chi connectivity index (χ2n) is 14.6. The van der Waals surface area contributed by atoms with Crippen LogP contribution in [0.2, 0.25) is 0 Å². The van der Waals surface area contributed by atoms with Gasteiger partial charge in [-0.2, -0.15) is 0 Å². The molecule has 5 heterocycles. The minimum atomic E-state index is -0.658. The van der Waals surface area contributed by atoms with Gasteiger partial charge in [-0.25, -0.2) is 9.18 Å². The Bertz CT molecular complexity index is 2250. The first kappa shape index (κ1) is 32.1. The van der Waals surface area contributed by atoms with Crippen LogP contribution in [-0.2, 0) is 4.74 Å². The minimum absolute atomic E-state index is 0.0300. The first-order valence-corrected chi connectivity index (χ1v) is 17.2. The first-order chi connectivity index (χ1) is 23.9. The number of amides is 2. The zero-order valence-corrected chi connectivity index (χ0v) is 28.6. The maximum atomic E-state index is 16.4. The summed E-state index contributed by atoms with van der Waals surface area (Å²) in [5, 5.41) is 7.57. The highest BCUT2D eigenvalue weighted by molar-refractivity contribution is 6.07. The van der Waals surface area contributed by atoms with Gasteiger partial charge in [0.1, 0.15) is 33.5 Å². The van der Waals surface area contributed by atoms with Gasteiger partial charge in [0.2, 0.25) is 5.43 Å². The lowest BCUT2D eigenvalue weighted by Gasteiger charge is -2.29. The van der Waals surface area contributed by atoms with Crippen molar-refractivity contribution in [3.63, 3.8) is 0 Å². The van der Waals surface area contributed by atoms with Crippen molar-refractivity contribution in [3.05, 3.63) is 70.3 Å². The number of hydrogen-bond acceptors (Lipinski definition) is 8. The molecule has 0 saturated carbocycles. The summed E-state index contributed by atoms with van der Waals surface area (Å²) in [6.07, 6.45) is 4.50. The molecular weight excluding hydrogens is 641 g/mol. The molecule has 0 aliphatic carbocycles. The molecule has 2 aromatic heterocycles. The molecule has 2 atom stereocenters. The smallest absolute Gasteiger partial charge is 0.407 e. The van der Waals surface area contributed by atoms with Crippen LogP contribution in [0, 0.1) is 5.82 Å².